The molecule has 0 saturated heterocycles. The van der Waals surface area contributed by atoms with Crippen LogP contribution in [0, 0.1) is 31.4 Å². The molecule has 1 amide bonds. The lowest BCUT2D eigenvalue weighted by Gasteiger charge is -2.10. The molecular formula is C32H29F2N4O4+. The van der Waals surface area contributed by atoms with Gasteiger partial charge in [0.05, 0.1) is 17.5 Å². The van der Waals surface area contributed by atoms with Gasteiger partial charge in [-0.3, -0.25) is 14.8 Å². The Kier molecular flexibility index (Phi) is 7.97. The number of hydrogen-bond acceptors (Lipinski definition) is 5. The van der Waals surface area contributed by atoms with Gasteiger partial charge in [-0.05, 0) is 88.2 Å². The molecule has 0 atom stereocenters. The van der Waals surface area contributed by atoms with Gasteiger partial charge in [-0.1, -0.05) is 0 Å². The Morgan fingerprint density at radius 1 is 1.00 bits per heavy atom. The summed E-state index contributed by atoms with van der Waals surface area (Å²) in [5, 5.41) is 13.3. The first-order valence-corrected chi connectivity index (χ1v) is 13.3. The molecule has 1 aliphatic carbocycles. The van der Waals surface area contributed by atoms with Crippen molar-refractivity contribution in [1.29, 1.82) is 0 Å². The molecule has 2 aromatic carbocycles. The zero-order valence-electron chi connectivity index (χ0n) is 23.3. The minimum Gasteiger partial charge on any atom is -0.453 e. The summed E-state index contributed by atoms with van der Waals surface area (Å²) in [7, 11) is 0. The van der Waals surface area contributed by atoms with Crippen molar-refractivity contribution in [3.05, 3.63) is 108 Å². The van der Waals surface area contributed by atoms with E-state index in [1.807, 2.05) is 13.1 Å². The minimum absolute atomic E-state index is 0.0182. The summed E-state index contributed by atoms with van der Waals surface area (Å²) in [6, 6.07) is 16.1. The van der Waals surface area contributed by atoms with E-state index in [4.69, 9.17) is 4.74 Å². The van der Waals surface area contributed by atoms with Crippen LogP contribution >= 0.6 is 0 Å². The predicted molar refractivity (Wildman–Crippen MR) is 152 cm³/mol. The van der Waals surface area contributed by atoms with E-state index in [9.17, 15) is 23.6 Å². The fraction of sp³-hybridized carbons (Fsp3) is 0.188. The molecule has 1 aliphatic rings. The van der Waals surface area contributed by atoms with Crippen LogP contribution in [0.3, 0.4) is 0 Å². The molecular weight excluding hydrogens is 542 g/mol. The van der Waals surface area contributed by atoms with Crippen molar-refractivity contribution in [1.82, 2.24) is 9.38 Å². The fourth-order valence-electron chi connectivity index (χ4n) is 4.40. The Labute approximate surface area is 240 Å². The predicted octanol–water partition coefficient (Wildman–Crippen LogP) is 6.45. The lowest BCUT2D eigenvalue weighted by Crippen LogP contribution is -2.42. The van der Waals surface area contributed by atoms with Crippen LogP contribution in [0.1, 0.15) is 41.5 Å². The zero-order chi connectivity index (χ0) is 30.0. The van der Waals surface area contributed by atoms with E-state index in [0.29, 0.717) is 34.3 Å². The molecule has 10 heteroatoms. The van der Waals surface area contributed by atoms with E-state index in [-0.39, 0.29) is 17.1 Å². The lowest BCUT2D eigenvalue weighted by atomic mass is 10.1. The van der Waals surface area contributed by atoms with Crippen LogP contribution in [0.15, 0.2) is 79.1 Å². The maximum Gasteiger partial charge on any atom is 0.325 e. The minimum atomic E-state index is -0.678. The van der Waals surface area contributed by atoms with Crippen molar-refractivity contribution in [2.75, 3.05) is 5.32 Å². The van der Waals surface area contributed by atoms with Gasteiger partial charge in [0.25, 0.3) is 5.69 Å². The molecule has 0 spiro atoms. The number of rotatable bonds is 6. The van der Waals surface area contributed by atoms with Crippen LogP contribution in [-0.2, 0) is 4.79 Å². The van der Waals surface area contributed by atoms with Crippen molar-refractivity contribution in [3.63, 3.8) is 0 Å². The van der Waals surface area contributed by atoms with Crippen LogP contribution in [0.25, 0.3) is 16.9 Å². The van der Waals surface area contributed by atoms with E-state index in [1.165, 1.54) is 42.5 Å². The first-order chi connectivity index (χ1) is 20.1. The average Bonchev–Trinajstić information content (AvgIpc) is 3.73. The molecule has 1 saturated carbocycles. The van der Waals surface area contributed by atoms with E-state index >= 15 is 0 Å². The van der Waals surface area contributed by atoms with Crippen LogP contribution < -0.4 is 14.8 Å². The van der Waals surface area contributed by atoms with Gasteiger partial charge in [-0.2, -0.15) is 0 Å². The number of aromatic nitrogens is 3. The average molecular weight is 572 g/mol. The van der Waals surface area contributed by atoms with E-state index in [1.54, 1.807) is 42.6 Å². The van der Waals surface area contributed by atoms with Crippen molar-refractivity contribution in [2.24, 2.45) is 5.92 Å². The smallest absolute Gasteiger partial charge is 0.325 e. The number of fused-ring (bicyclic) bond motifs is 1. The summed E-state index contributed by atoms with van der Waals surface area (Å²) < 4.78 is 36.3. The molecule has 0 bridgehead atoms. The van der Waals surface area contributed by atoms with Gasteiger partial charge >= 0.3 is 11.6 Å². The number of ketones is 1. The number of halogens is 2. The normalized spacial score (nSPS) is 12.4. The van der Waals surface area contributed by atoms with Crippen molar-refractivity contribution < 1.29 is 33.0 Å². The number of nitrogens with one attached hydrogen (secondary N) is 1. The van der Waals surface area contributed by atoms with Gasteiger partial charge in [-0.25, -0.2) is 13.8 Å². The number of carbonyl (C=O) groups excluding carboxylic acids is 2. The molecule has 1 fully saturated rings. The van der Waals surface area contributed by atoms with Crippen molar-refractivity contribution >= 4 is 23.0 Å². The SMILES string of the molecule is CC(=O)C1CC1.Cc1cn2cc(Oc3ccc(NC(=O)c4ccc(C)c(-c5ccc(F)cc5)[n+]4O)cc3F)ccc2n1. The summed E-state index contributed by atoms with van der Waals surface area (Å²) in [5.41, 5.74) is 3.24. The Balaban J connectivity index is 0.000000524. The molecule has 214 valence electrons. The molecule has 0 radical (unpaired) electrons. The third kappa shape index (κ3) is 6.43. The van der Waals surface area contributed by atoms with Crippen molar-refractivity contribution in [3.8, 4) is 22.8 Å². The topological polar surface area (TPSA) is 96.8 Å². The third-order valence-electron chi connectivity index (χ3n) is 6.77. The number of pyridine rings is 2. The lowest BCUT2D eigenvalue weighted by molar-refractivity contribution is -0.897. The number of ether oxygens (including phenoxy) is 1. The number of anilines is 1. The second kappa shape index (κ2) is 11.8. The number of carbonyl (C=O) groups is 2. The van der Waals surface area contributed by atoms with Crippen LogP contribution in [0.2, 0.25) is 0 Å². The number of hydrogen-bond donors (Lipinski definition) is 2. The molecule has 3 aromatic heterocycles. The highest BCUT2D eigenvalue weighted by Crippen LogP contribution is 2.29. The molecule has 42 heavy (non-hydrogen) atoms. The number of nitrogens with zero attached hydrogens (tertiary/aromatic N) is 3. The largest absolute Gasteiger partial charge is 0.453 e. The van der Waals surface area contributed by atoms with Crippen LogP contribution in [-0.4, -0.2) is 26.3 Å². The van der Waals surface area contributed by atoms with Crippen LogP contribution in [0.4, 0.5) is 14.5 Å². The second-order valence-electron chi connectivity index (χ2n) is 10.2. The van der Waals surface area contributed by atoms with E-state index in [2.05, 4.69) is 10.3 Å². The Morgan fingerprint density at radius 3 is 2.38 bits per heavy atom. The first-order valence-electron chi connectivity index (χ1n) is 13.3. The molecule has 6 rings (SSSR count). The summed E-state index contributed by atoms with van der Waals surface area (Å²) in [4.78, 5) is 27.4. The molecule has 3 heterocycles. The summed E-state index contributed by atoms with van der Waals surface area (Å²) in [5.74, 6) is -0.515. The van der Waals surface area contributed by atoms with Crippen molar-refractivity contribution in [2.45, 2.75) is 33.6 Å². The maximum atomic E-state index is 14.8. The number of Topliss-reactive ketones (excluding diaryl/α,β-unsaturated/α-hetero) is 1. The van der Waals surface area contributed by atoms with E-state index < -0.39 is 17.5 Å². The highest BCUT2D eigenvalue weighted by atomic mass is 19.1. The summed E-state index contributed by atoms with van der Waals surface area (Å²) >= 11 is 0. The van der Waals surface area contributed by atoms with Gasteiger partial charge in [0, 0.05) is 40.2 Å². The zero-order valence-corrected chi connectivity index (χ0v) is 23.3. The molecule has 8 nitrogen and oxygen atoms in total. The Bertz CT molecular complexity index is 1800. The van der Waals surface area contributed by atoms with Gasteiger partial charge in [0.2, 0.25) is 0 Å². The monoisotopic (exact) mass is 571 g/mol. The first kappa shape index (κ1) is 28.4. The maximum absolute atomic E-state index is 14.8. The molecule has 5 aromatic rings. The summed E-state index contributed by atoms with van der Waals surface area (Å²) in [6.45, 7) is 5.29. The number of benzene rings is 2. The van der Waals surface area contributed by atoms with Gasteiger partial charge in [-0.15, -0.1) is 0 Å². The number of imidazole rings is 1. The molecule has 0 aliphatic heterocycles. The standard InChI is InChI=1S/C27H20F2N4O3.C5H8O/c1-16-3-10-23(33(35)26(16)18-4-6-19(28)7-5-18)27(34)31-20-8-11-24(22(29)13-20)36-21-9-12-25-30-17(2)14-32(25)15-21;1-4(6)5-2-3-5/h3-15H,1-2H3,(H-,31,34,35);5H,2-3H2,1H3/p+1. The summed E-state index contributed by atoms with van der Waals surface area (Å²) in [6.07, 6.45) is 5.82. The quantitative estimate of drug-likeness (QED) is 0.180. The number of amides is 1. The third-order valence-corrected chi connectivity index (χ3v) is 6.77. The second-order valence-corrected chi connectivity index (χ2v) is 10.2. The van der Waals surface area contributed by atoms with Crippen LogP contribution in [0.5, 0.6) is 11.5 Å². The van der Waals surface area contributed by atoms with Gasteiger partial charge in [0.1, 0.15) is 23.0 Å². The highest BCUT2D eigenvalue weighted by Gasteiger charge is 2.27. The van der Waals surface area contributed by atoms with Gasteiger partial charge in [0.15, 0.2) is 11.6 Å². The van der Waals surface area contributed by atoms with E-state index in [0.717, 1.165) is 35.0 Å². The Hall–Kier alpha value is -5.12. The van der Waals surface area contributed by atoms with Gasteiger partial charge < -0.3 is 14.5 Å². The Morgan fingerprint density at radius 2 is 1.74 bits per heavy atom. The molecule has 2 N–H and O–H groups in total. The fourth-order valence-corrected chi connectivity index (χ4v) is 4.40. The highest BCUT2D eigenvalue weighted by molar-refractivity contribution is 6.02. The molecule has 0 unspecified atom stereocenters. The number of aryl methyl sites for hydroxylation is 2.